The van der Waals surface area contributed by atoms with Gasteiger partial charge in [-0.3, -0.25) is 4.98 Å². The molecule has 0 spiro atoms. The molecule has 2 aromatic heterocycles. The van der Waals surface area contributed by atoms with Crippen molar-refractivity contribution in [3.05, 3.63) is 54.6 Å². The van der Waals surface area contributed by atoms with Gasteiger partial charge in [0.2, 0.25) is 0 Å². The van der Waals surface area contributed by atoms with Crippen LogP contribution in [0.4, 0.5) is 0 Å². The fraction of sp³-hybridized carbons (Fsp3) is 0.263. The SMILES string of the molecule is CCSc1ccc(-c2nc3n(c2-c2ccncc2)CCC3)cc1. The fourth-order valence-corrected chi connectivity index (χ4v) is 3.87. The van der Waals surface area contributed by atoms with Gasteiger partial charge in [-0.2, -0.15) is 0 Å². The molecule has 0 saturated carbocycles. The maximum Gasteiger partial charge on any atom is 0.109 e. The minimum absolute atomic E-state index is 1.06. The van der Waals surface area contributed by atoms with Gasteiger partial charge >= 0.3 is 0 Å². The number of nitrogens with zero attached hydrogens (tertiary/aromatic N) is 3. The zero-order valence-electron chi connectivity index (χ0n) is 13.2. The van der Waals surface area contributed by atoms with Crippen molar-refractivity contribution in [3.63, 3.8) is 0 Å². The largest absolute Gasteiger partial charge is 0.327 e. The Hall–Kier alpha value is -2.07. The number of hydrogen-bond donors (Lipinski definition) is 0. The normalized spacial score (nSPS) is 13.3. The first-order valence-corrected chi connectivity index (χ1v) is 9.08. The molecule has 23 heavy (non-hydrogen) atoms. The quantitative estimate of drug-likeness (QED) is 0.654. The van der Waals surface area contributed by atoms with E-state index >= 15 is 0 Å². The first-order valence-electron chi connectivity index (χ1n) is 8.10. The molecule has 0 bridgehead atoms. The Balaban J connectivity index is 1.83. The Morgan fingerprint density at radius 3 is 2.57 bits per heavy atom. The van der Waals surface area contributed by atoms with Crippen LogP contribution in [0.15, 0.2) is 53.7 Å². The van der Waals surface area contributed by atoms with Crippen molar-refractivity contribution in [3.8, 4) is 22.5 Å². The lowest BCUT2D eigenvalue weighted by Gasteiger charge is -2.09. The number of thioether (sulfide) groups is 1. The van der Waals surface area contributed by atoms with E-state index in [1.807, 2.05) is 24.2 Å². The molecule has 0 unspecified atom stereocenters. The summed E-state index contributed by atoms with van der Waals surface area (Å²) in [5, 5.41) is 0. The van der Waals surface area contributed by atoms with E-state index < -0.39 is 0 Å². The molecule has 116 valence electrons. The highest BCUT2D eigenvalue weighted by Crippen LogP contribution is 2.35. The van der Waals surface area contributed by atoms with Crippen LogP contribution >= 0.6 is 11.8 Å². The van der Waals surface area contributed by atoms with Gasteiger partial charge in [0, 0.05) is 41.4 Å². The van der Waals surface area contributed by atoms with Gasteiger partial charge in [-0.1, -0.05) is 19.1 Å². The number of benzene rings is 1. The zero-order valence-corrected chi connectivity index (χ0v) is 14.0. The number of pyridine rings is 1. The standard InChI is InChI=1S/C19H19N3S/c1-2-23-16-7-5-14(6-8-16)18-19(15-9-11-20-12-10-15)22-13-3-4-17(22)21-18/h5-12H,2-4,13H2,1H3. The Labute approximate surface area is 140 Å². The molecule has 3 heterocycles. The third-order valence-electron chi connectivity index (χ3n) is 4.22. The number of hydrogen-bond acceptors (Lipinski definition) is 3. The summed E-state index contributed by atoms with van der Waals surface area (Å²) in [5.74, 6) is 2.30. The number of aromatic nitrogens is 3. The van der Waals surface area contributed by atoms with E-state index in [4.69, 9.17) is 4.98 Å². The smallest absolute Gasteiger partial charge is 0.109 e. The summed E-state index contributed by atoms with van der Waals surface area (Å²) in [6.45, 7) is 3.24. The van der Waals surface area contributed by atoms with Crippen LogP contribution in [0.25, 0.3) is 22.5 Å². The number of imidazole rings is 1. The molecule has 3 aromatic rings. The number of rotatable bonds is 4. The average Bonchev–Trinajstić information content (AvgIpc) is 3.17. The monoisotopic (exact) mass is 321 g/mol. The molecule has 0 atom stereocenters. The first kappa shape index (κ1) is 14.5. The second-order valence-corrected chi connectivity index (χ2v) is 7.01. The highest BCUT2D eigenvalue weighted by molar-refractivity contribution is 7.99. The Bertz CT molecular complexity index is 807. The van der Waals surface area contributed by atoms with Gasteiger partial charge < -0.3 is 4.57 Å². The third kappa shape index (κ3) is 2.68. The summed E-state index contributed by atoms with van der Waals surface area (Å²) >= 11 is 1.87. The van der Waals surface area contributed by atoms with Crippen molar-refractivity contribution in [2.75, 3.05) is 5.75 Å². The predicted molar refractivity (Wildman–Crippen MR) is 95.6 cm³/mol. The van der Waals surface area contributed by atoms with Crippen molar-refractivity contribution < 1.29 is 0 Å². The van der Waals surface area contributed by atoms with E-state index in [-0.39, 0.29) is 0 Å². The van der Waals surface area contributed by atoms with Crippen LogP contribution in [0.1, 0.15) is 19.2 Å². The molecule has 0 radical (unpaired) electrons. The minimum atomic E-state index is 1.06. The summed E-state index contributed by atoms with van der Waals surface area (Å²) in [4.78, 5) is 10.4. The van der Waals surface area contributed by atoms with E-state index in [0.29, 0.717) is 0 Å². The van der Waals surface area contributed by atoms with E-state index in [1.54, 1.807) is 0 Å². The molecule has 1 aromatic carbocycles. The Kier molecular flexibility index (Phi) is 3.92. The summed E-state index contributed by atoms with van der Waals surface area (Å²) in [6.07, 6.45) is 5.97. The topological polar surface area (TPSA) is 30.7 Å². The minimum Gasteiger partial charge on any atom is -0.327 e. The maximum atomic E-state index is 4.95. The van der Waals surface area contributed by atoms with Crippen LogP contribution in [0.3, 0.4) is 0 Å². The van der Waals surface area contributed by atoms with Crippen molar-refractivity contribution in [2.45, 2.75) is 31.2 Å². The van der Waals surface area contributed by atoms with Gasteiger partial charge in [0.15, 0.2) is 0 Å². The molecule has 0 amide bonds. The van der Waals surface area contributed by atoms with Crippen molar-refractivity contribution in [1.82, 2.24) is 14.5 Å². The molecule has 1 aliphatic rings. The van der Waals surface area contributed by atoms with Crippen LogP contribution in [-0.4, -0.2) is 20.3 Å². The highest BCUT2D eigenvalue weighted by atomic mass is 32.2. The molecule has 3 nitrogen and oxygen atoms in total. The molecule has 0 saturated heterocycles. The average molecular weight is 321 g/mol. The first-order chi connectivity index (χ1) is 11.4. The predicted octanol–water partition coefficient (Wildman–Crippen LogP) is 4.67. The van der Waals surface area contributed by atoms with Gasteiger partial charge in [0.05, 0.1) is 11.4 Å². The second kappa shape index (κ2) is 6.20. The van der Waals surface area contributed by atoms with Gasteiger partial charge in [-0.05, 0) is 36.4 Å². The third-order valence-corrected chi connectivity index (χ3v) is 5.12. The molecule has 1 aliphatic heterocycles. The lowest BCUT2D eigenvalue weighted by Crippen LogP contribution is -1.96. The molecule has 0 aliphatic carbocycles. The fourth-order valence-electron chi connectivity index (χ4n) is 3.21. The maximum absolute atomic E-state index is 4.95. The van der Waals surface area contributed by atoms with E-state index in [0.717, 1.165) is 24.4 Å². The molecule has 0 fully saturated rings. The summed E-state index contributed by atoms with van der Waals surface area (Å²) in [7, 11) is 0. The van der Waals surface area contributed by atoms with Gasteiger partial charge in [-0.25, -0.2) is 4.98 Å². The van der Waals surface area contributed by atoms with Crippen LogP contribution in [-0.2, 0) is 13.0 Å². The van der Waals surface area contributed by atoms with Gasteiger partial charge in [-0.15, -0.1) is 11.8 Å². The van der Waals surface area contributed by atoms with Gasteiger partial charge in [0.25, 0.3) is 0 Å². The van der Waals surface area contributed by atoms with E-state index in [2.05, 4.69) is 52.9 Å². The highest BCUT2D eigenvalue weighted by Gasteiger charge is 2.22. The number of fused-ring (bicyclic) bond motifs is 1. The molecule has 0 N–H and O–H groups in total. The van der Waals surface area contributed by atoms with Crippen LogP contribution < -0.4 is 0 Å². The van der Waals surface area contributed by atoms with E-state index in [1.165, 1.54) is 34.0 Å². The summed E-state index contributed by atoms with van der Waals surface area (Å²) in [5.41, 5.74) is 4.72. The van der Waals surface area contributed by atoms with E-state index in [9.17, 15) is 0 Å². The molecular weight excluding hydrogens is 302 g/mol. The van der Waals surface area contributed by atoms with Crippen LogP contribution in [0.5, 0.6) is 0 Å². The van der Waals surface area contributed by atoms with Crippen molar-refractivity contribution >= 4 is 11.8 Å². The second-order valence-electron chi connectivity index (χ2n) is 5.67. The zero-order chi connectivity index (χ0) is 15.6. The summed E-state index contributed by atoms with van der Waals surface area (Å²) in [6, 6.07) is 12.9. The number of aryl methyl sites for hydroxylation is 1. The van der Waals surface area contributed by atoms with Gasteiger partial charge in [0.1, 0.15) is 5.82 Å². The Morgan fingerprint density at radius 1 is 1.04 bits per heavy atom. The Morgan fingerprint density at radius 2 is 1.83 bits per heavy atom. The van der Waals surface area contributed by atoms with Crippen molar-refractivity contribution in [2.24, 2.45) is 0 Å². The van der Waals surface area contributed by atoms with Crippen molar-refractivity contribution in [1.29, 1.82) is 0 Å². The lowest BCUT2D eigenvalue weighted by molar-refractivity contribution is 0.756. The lowest BCUT2D eigenvalue weighted by atomic mass is 10.1. The summed E-state index contributed by atoms with van der Waals surface area (Å²) < 4.78 is 2.37. The van der Waals surface area contributed by atoms with Crippen LogP contribution in [0.2, 0.25) is 0 Å². The van der Waals surface area contributed by atoms with Crippen LogP contribution in [0, 0.1) is 0 Å². The molecule has 4 heteroatoms. The molecular formula is C19H19N3S. The molecule has 4 rings (SSSR count).